The maximum absolute atomic E-state index is 4.34. The number of H-pyrrole nitrogens is 1. The minimum Gasteiger partial charge on any atom is -0.345 e. The molecule has 2 aromatic heterocycles. The van der Waals surface area contributed by atoms with Gasteiger partial charge in [0.2, 0.25) is 0 Å². The van der Waals surface area contributed by atoms with Crippen LogP contribution in [0.3, 0.4) is 0 Å². The van der Waals surface area contributed by atoms with Crippen LogP contribution in [0.15, 0.2) is 12.4 Å². The second-order valence-electron chi connectivity index (χ2n) is 2.68. The smallest absolute Gasteiger partial charge is 0.156 e. The molecule has 0 fully saturated rings. The van der Waals surface area contributed by atoms with Gasteiger partial charge in [0.15, 0.2) is 5.65 Å². The van der Waals surface area contributed by atoms with Crippen molar-refractivity contribution in [1.29, 1.82) is 0 Å². The number of aromatic amines is 1. The Morgan fingerprint density at radius 1 is 1.36 bits per heavy atom. The fourth-order valence-corrected chi connectivity index (χ4v) is 1.10. The molecule has 0 amide bonds. The van der Waals surface area contributed by atoms with Crippen molar-refractivity contribution in [1.82, 2.24) is 15.0 Å². The van der Waals surface area contributed by atoms with Crippen LogP contribution in [0.5, 0.6) is 0 Å². The maximum Gasteiger partial charge on any atom is 0.156 e. The number of hydrogen-bond donors (Lipinski definition) is 1. The summed E-state index contributed by atoms with van der Waals surface area (Å²) in [5, 5.41) is 0. The van der Waals surface area contributed by atoms with Gasteiger partial charge in [-0.05, 0) is 19.4 Å². The van der Waals surface area contributed by atoms with Crippen LogP contribution >= 0.6 is 0 Å². The molecule has 2 rings (SSSR count). The third-order valence-corrected chi connectivity index (χ3v) is 1.69. The van der Waals surface area contributed by atoms with Gasteiger partial charge in [-0.3, -0.25) is 0 Å². The van der Waals surface area contributed by atoms with E-state index >= 15 is 0 Å². The lowest BCUT2D eigenvalue weighted by Gasteiger charge is -1.91. The molecule has 1 N–H and O–H groups in total. The molecule has 2 aromatic rings. The van der Waals surface area contributed by atoms with Crippen molar-refractivity contribution in [2.45, 2.75) is 13.8 Å². The van der Waals surface area contributed by atoms with Gasteiger partial charge in [-0.15, -0.1) is 0 Å². The SMILES string of the molecule is Cc1cnc2[nH]cc(C)c2n1. The van der Waals surface area contributed by atoms with E-state index in [-0.39, 0.29) is 0 Å². The first-order chi connectivity index (χ1) is 5.27. The third-order valence-electron chi connectivity index (χ3n) is 1.69. The van der Waals surface area contributed by atoms with Gasteiger partial charge in [0, 0.05) is 6.20 Å². The van der Waals surface area contributed by atoms with E-state index in [0.29, 0.717) is 0 Å². The normalized spacial score (nSPS) is 10.7. The Labute approximate surface area is 64.5 Å². The molecular weight excluding hydrogens is 138 g/mol. The summed E-state index contributed by atoms with van der Waals surface area (Å²) in [5.74, 6) is 0. The molecular formula is C8H9N3. The summed E-state index contributed by atoms with van der Waals surface area (Å²) in [4.78, 5) is 11.6. The summed E-state index contributed by atoms with van der Waals surface area (Å²) in [5.41, 5.74) is 3.95. The molecule has 0 atom stereocenters. The molecule has 3 nitrogen and oxygen atoms in total. The van der Waals surface area contributed by atoms with Crippen molar-refractivity contribution in [2.24, 2.45) is 0 Å². The van der Waals surface area contributed by atoms with E-state index in [1.807, 2.05) is 20.0 Å². The molecule has 0 unspecified atom stereocenters. The number of aryl methyl sites for hydroxylation is 2. The second kappa shape index (κ2) is 2.05. The lowest BCUT2D eigenvalue weighted by Crippen LogP contribution is -1.84. The van der Waals surface area contributed by atoms with Gasteiger partial charge in [-0.1, -0.05) is 0 Å². The Morgan fingerprint density at radius 3 is 3.00 bits per heavy atom. The Morgan fingerprint density at radius 2 is 2.18 bits per heavy atom. The predicted molar refractivity (Wildman–Crippen MR) is 43.4 cm³/mol. The number of rotatable bonds is 0. The topological polar surface area (TPSA) is 41.6 Å². The Balaban J connectivity index is 2.87. The molecule has 0 saturated carbocycles. The number of nitrogens with one attached hydrogen (secondary N) is 1. The largest absolute Gasteiger partial charge is 0.345 e. The molecule has 56 valence electrons. The summed E-state index contributed by atoms with van der Waals surface area (Å²) in [6.07, 6.45) is 3.68. The minimum atomic E-state index is 0.869. The van der Waals surface area contributed by atoms with Gasteiger partial charge >= 0.3 is 0 Å². The van der Waals surface area contributed by atoms with Crippen LogP contribution in [0.1, 0.15) is 11.3 Å². The van der Waals surface area contributed by atoms with Gasteiger partial charge in [0.1, 0.15) is 5.52 Å². The molecule has 0 aliphatic rings. The van der Waals surface area contributed by atoms with Crippen LogP contribution < -0.4 is 0 Å². The van der Waals surface area contributed by atoms with Crippen molar-refractivity contribution in [3.05, 3.63) is 23.7 Å². The molecule has 3 heteroatoms. The first-order valence-corrected chi connectivity index (χ1v) is 3.55. The van der Waals surface area contributed by atoms with E-state index < -0.39 is 0 Å². The predicted octanol–water partition coefficient (Wildman–Crippen LogP) is 1.57. The molecule has 0 radical (unpaired) electrons. The van der Waals surface area contributed by atoms with Crippen molar-refractivity contribution >= 4 is 11.2 Å². The summed E-state index contributed by atoms with van der Waals surface area (Å²) in [7, 11) is 0. The molecule has 2 heterocycles. The zero-order chi connectivity index (χ0) is 7.84. The minimum absolute atomic E-state index is 0.869. The van der Waals surface area contributed by atoms with E-state index in [2.05, 4.69) is 15.0 Å². The highest BCUT2D eigenvalue weighted by molar-refractivity contribution is 5.74. The monoisotopic (exact) mass is 147 g/mol. The summed E-state index contributed by atoms with van der Waals surface area (Å²) >= 11 is 0. The highest BCUT2D eigenvalue weighted by atomic mass is 14.9. The van der Waals surface area contributed by atoms with Crippen molar-refractivity contribution in [3.8, 4) is 0 Å². The van der Waals surface area contributed by atoms with Crippen LogP contribution in [0.2, 0.25) is 0 Å². The fraction of sp³-hybridized carbons (Fsp3) is 0.250. The maximum atomic E-state index is 4.34. The Bertz CT molecular complexity index is 389. The lowest BCUT2D eigenvalue weighted by atomic mass is 10.3. The summed E-state index contributed by atoms with van der Waals surface area (Å²) in [6, 6.07) is 0. The zero-order valence-electron chi connectivity index (χ0n) is 6.55. The fourth-order valence-electron chi connectivity index (χ4n) is 1.10. The van der Waals surface area contributed by atoms with E-state index in [0.717, 1.165) is 22.4 Å². The first-order valence-electron chi connectivity index (χ1n) is 3.55. The van der Waals surface area contributed by atoms with Crippen molar-refractivity contribution in [3.63, 3.8) is 0 Å². The number of fused-ring (bicyclic) bond motifs is 1. The zero-order valence-corrected chi connectivity index (χ0v) is 6.55. The standard InChI is InChI=1S/C8H9N3/c1-5-3-9-8-7(5)11-6(2)4-10-8/h3-4H,1-2H3,(H,9,10). The highest BCUT2D eigenvalue weighted by Crippen LogP contribution is 2.11. The third kappa shape index (κ3) is 0.888. The van der Waals surface area contributed by atoms with Gasteiger partial charge in [0.25, 0.3) is 0 Å². The van der Waals surface area contributed by atoms with Gasteiger partial charge in [0.05, 0.1) is 11.9 Å². The van der Waals surface area contributed by atoms with Crippen LogP contribution in [-0.2, 0) is 0 Å². The van der Waals surface area contributed by atoms with E-state index in [1.165, 1.54) is 0 Å². The lowest BCUT2D eigenvalue weighted by molar-refractivity contribution is 1.17. The average molecular weight is 147 g/mol. The quantitative estimate of drug-likeness (QED) is 0.614. The molecule has 0 spiro atoms. The average Bonchev–Trinajstić information content (AvgIpc) is 2.33. The van der Waals surface area contributed by atoms with Crippen molar-refractivity contribution < 1.29 is 0 Å². The molecule has 11 heavy (non-hydrogen) atoms. The van der Waals surface area contributed by atoms with Crippen LogP contribution in [-0.4, -0.2) is 15.0 Å². The van der Waals surface area contributed by atoms with Crippen molar-refractivity contribution in [2.75, 3.05) is 0 Å². The molecule has 0 bridgehead atoms. The van der Waals surface area contributed by atoms with E-state index in [9.17, 15) is 0 Å². The molecule has 0 aliphatic heterocycles. The summed E-state index contributed by atoms with van der Waals surface area (Å²) in [6.45, 7) is 3.96. The van der Waals surface area contributed by atoms with Crippen LogP contribution in [0.25, 0.3) is 11.2 Å². The number of hydrogen-bond acceptors (Lipinski definition) is 2. The number of aromatic nitrogens is 3. The second-order valence-corrected chi connectivity index (χ2v) is 2.68. The Kier molecular flexibility index (Phi) is 1.18. The summed E-state index contributed by atoms with van der Waals surface area (Å²) < 4.78 is 0. The van der Waals surface area contributed by atoms with Crippen LogP contribution in [0, 0.1) is 13.8 Å². The Hall–Kier alpha value is -1.38. The van der Waals surface area contributed by atoms with E-state index in [4.69, 9.17) is 0 Å². The van der Waals surface area contributed by atoms with Gasteiger partial charge in [-0.2, -0.15) is 0 Å². The van der Waals surface area contributed by atoms with Gasteiger partial charge < -0.3 is 4.98 Å². The first kappa shape index (κ1) is 6.34. The highest BCUT2D eigenvalue weighted by Gasteiger charge is 2.00. The number of nitrogens with zero attached hydrogens (tertiary/aromatic N) is 2. The molecule has 0 saturated heterocycles. The molecule has 0 aliphatic carbocycles. The van der Waals surface area contributed by atoms with E-state index in [1.54, 1.807) is 6.20 Å². The molecule has 0 aromatic carbocycles. The van der Waals surface area contributed by atoms with Crippen LogP contribution in [0.4, 0.5) is 0 Å². The van der Waals surface area contributed by atoms with Gasteiger partial charge in [-0.25, -0.2) is 9.97 Å².